The summed E-state index contributed by atoms with van der Waals surface area (Å²) < 4.78 is 10.6. The van der Waals surface area contributed by atoms with E-state index < -0.39 is 0 Å². The van der Waals surface area contributed by atoms with Crippen molar-refractivity contribution in [3.63, 3.8) is 0 Å². The van der Waals surface area contributed by atoms with Crippen molar-refractivity contribution < 1.29 is 9.47 Å². The van der Waals surface area contributed by atoms with Crippen LogP contribution in [0.4, 0.5) is 0 Å². The topological polar surface area (TPSA) is 31.4 Å². The van der Waals surface area contributed by atoms with Gasteiger partial charge in [0.15, 0.2) is 5.06 Å². The van der Waals surface area contributed by atoms with Crippen LogP contribution in [-0.4, -0.2) is 19.2 Å². The fourth-order valence-corrected chi connectivity index (χ4v) is 2.58. The minimum Gasteiger partial charge on any atom is -0.496 e. The molecule has 1 aromatic carbocycles. The van der Waals surface area contributed by atoms with Gasteiger partial charge in [-0.05, 0) is 26.0 Å². The van der Waals surface area contributed by atoms with Gasteiger partial charge in [-0.25, -0.2) is 4.98 Å². The summed E-state index contributed by atoms with van der Waals surface area (Å²) in [5.74, 6) is 0.840. The van der Waals surface area contributed by atoms with Crippen LogP contribution in [0.15, 0.2) is 18.2 Å². The van der Waals surface area contributed by atoms with Gasteiger partial charge in [0.1, 0.15) is 10.8 Å². The van der Waals surface area contributed by atoms with E-state index in [0.29, 0.717) is 0 Å². The van der Waals surface area contributed by atoms with Crippen LogP contribution in [0.1, 0.15) is 11.3 Å². The molecule has 0 saturated heterocycles. The van der Waals surface area contributed by atoms with Crippen molar-refractivity contribution in [1.82, 2.24) is 4.98 Å². The molecule has 1 aromatic heterocycles. The number of aromatic nitrogens is 1. The number of aryl methyl sites for hydroxylation is 2. The zero-order chi connectivity index (χ0) is 12.4. The van der Waals surface area contributed by atoms with Crippen LogP contribution >= 0.6 is 11.3 Å². The molecule has 90 valence electrons. The Kier molecular flexibility index (Phi) is 3.33. The Morgan fingerprint density at radius 3 is 2.47 bits per heavy atom. The van der Waals surface area contributed by atoms with Gasteiger partial charge in [-0.1, -0.05) is 23.0 Å². The van der Waals surface area contributed by atoms with E-state index in [1.54, 1.807) is 14.2 Å². The molecular formula is C13H15NO2S. The molecule has 17 heavy (non-hydrogen) atoms. The first-order valence-electron chi connectivity index (χ1n) is 5.32. The number of benzene rings is 1. The second-order valence-corrected chi connectivity index (χ2v) is 4.76. The van der Waals surface area contributed by atoms with Crippen molar-refractivity contribution >= 4 is 11.3 Å². The first kappa shape index (κ1) is 11.9. The highest BCUT2D eigenvalue weighted by Gasteiger charge is 2.13. The number of thiazole rings is 1. The predicted octanol–water partition coefficient (Wildman–Crippen LogP) is 3.44. The predicted molar refractivity (Wildman–Crippen MR) is 70.1 cm³/mol. The lowest BCUT2D eigenvalue weighted by Gasteiger charge is -2.06. The van der Waals surface area contributed by atoms with Crippen LogP contribution in [-0.2, 0) is 0 Å². The normalized spacial score (nSPS) is 10.4. The molecular weight excluding hydrogens is 234 g/mol. The van der Waals surface area contributed by atoms with Crippen LogP contribution in [0.5, 0.6) is 10.8 Å². The maximum absolute atomic E-state index is 5.36. The number of methoxy groups -OCH3 is 2. The highest BCUT2D eigenvalue weighted by atomic mass is 32.1. The minimum absolute atomic E-state index is 0.840. The maximum atomic E-state index is 5.36. The molecule has 2 rings (SSSR count). The van der Waals surface area contributed by atoms with Crippen molar-refractivity contribution in [1.29, 1.82) is 0 Å². The molecule has 1 heterocycles. The number of rotatable bonds is 3. The smallest absolute Gasteiger partial charge is 0.197 e. The Balaban J connectivity index is 2.54. The lowest BCUT2D eigenvalue weighted by molar-refractivity contribution is 0.416. The first-order chi connectivity index (χ1) is 8.15. The summed E-state index contributed by atoms with van der Waals surface area (Å²) in [6.45, 7) is 4.00. The third kappa shape index (κ3) is 2.26. The van der Waals surface area contributed by atoms with Gasteiger partial charge in [0, 0.05) is 0 Å². The number of hydrogen-bond donors (Lipinski definition) is 0. The largest absolute Gasteiger partial charge is 0.496 e. The summed E-state index contributed by atoms with van der Waals surface area (Å²) in [4.78, 5) is 4.51. The zero-order valence-electron chi connectivity index (χ0n) is 10.4. The summed E-state index contributed by atoms with van der Waals surface area (Å²) in [5.41, 5.74) is 3.12. The van der Waals surface area contributed by atoms with Gasteiger partial charge in [0.25, 0.3) is 0 Å². The van der Waals surface area contributed by atoms with E-state index in [-0.39, 0.29) is 0 Å². The Labute approximate surface area is 105 Å². The van der Waals surface area contributed by atoms with E-state index >= 15 is 0 Å². The van der Waals surface area contributed by atoms with Crippen LogP contribution in [0.3, 0.4) is 0 Å². The lowest BCUT2D eigenvalue weighted by atomic mass is 10.1. The van der Waals surface area contributed by atoms with E-state index in [2.05, 4.69) is 18.0 Å². The van der Waals surface area contributed by atoms with Crippen molar-refractivity contribution in [2.24, 2.45) is 0 Å². The van der Waals surface area contributed by atoms with E-state index in [9.17, 15) is 0 Å². The van der Waals surface area contributed by atoms with Crippen LogP contribution < -0.4 is 9.47 Å². The summed E-state index contributed by atoms with van der Waals surface area (Å²) in [6.07, 6.45) is 0. The summed E-state index contributed by atoms with van der Waals surface area (Å²) >= 11 is 1.54. The van der Waals surface area contributed by atoms with Crippen LogP contribution in [0.2, 0.25) is 0 Å². The van der Waals surface area contributed by atoms with Crippen LogP contribution in [0.25, 0.3) is 10.6 Å². The Morgan fingerprint density at radius 2 is 1.88 bits per heavy atom. The van der Waals surface area contributed by atoms with E-state index in [4.69, 9.17) is 9.47 Å². The van der Waals surface area contributed by atoms with Gasteiger partial charge in [-0.3, -0.25) is 0 Å². The summed E-state index contributed by atoms with van der Waals surface area (Å²) in [6, 6.07) is 6.07. The van der Waals surface area contributed by atoms with E-state index in [0.717, 1.165) is 27.1 Å². The van der Waals surface area contributed by atoms with Gasteiger partial charge >= 0.3 is 0 Å². The minimum atomic E-state index is 0.840. The molecule has 0 unspecified atom stereocenters. The van der Waals surface area contributed by atoms with Crippen molar-refractivity contribution in [2.45, 2.75) is 13.8 Å². The molecule has 0 radical (unpaired) electrons. The fourth-order valence-electron chi connectivity index (χ4n) is 1.68. The van der Waals surface area contributed by atoms with E-state index in [1.807, 2.05) is 19.1 Å². The lowest BCUT2D eigenvalue weighted by Crippen LogP contribution is -1.88. The Hall–Kier alpha value is -1.55. The molecule has 0 atom stereocenters. The number of ether oxygens (including phenoxy) is 2. The highest BCUT2D eigenvalue weighted by molar-refractivity contribution is 7.17. The Morgan fingerprint density at radius 1 is 1.12 bits per heavy atom. The molecule has 2 aromatic rings. The molecule has 3 nitrogen and oxygen atoms in total. The Bertz CT molecular complexity index is 534. The molecule has 0 saturated carbocycles. The molecule has 4 heteroatoms. The number of hydrogen-bond acceptors (Lipinski definition) is 4. The first-order valence-corrected chi connectivity index (χ1v) is 6.13. The molecule has 0 aliphatic rings. The molecule has 0 amide bonds. The zero-order valence-corrected chi connectivity index (χ0v) is 11.2. The van der Waals surface area contributed by atoms with Gasteiger partial charge in [0.2, 0.25) is 0 Å². The molecule has 0 aliphatic heterocycles. The third-order valence-corrected chi connectivity index (χ3v) is 3.68. The van der Waals surface area contributed by atoms with Gasteiger partial charge in [-0.15, -0.1) is 0 Å². The quantitative estimate of drug-likeness (QED) is 0.835. The third-order valence-electron chi connectivity index (χ3n) is 2.52. The van der Waals surface area contributed by atoms with Crippen molar-refractivity contribution in [3.8, 4) is 21.4 Å². The molecule has 0 N–H and O–H groups in total. The maximum Gasteiger partial charge on any atom is 0.197 e. The fraction of sp³-hybridized carbons (Fsp3) is 0.308. The second kappa shape index (κ2) is 4.75. The molecule has 0 aliphatic carbocycles. The number of nitrogens with zero attached hydrogens (tertiary/aromatic N) is 1. The van der Waals surface area contributed by atoms with Crippen molar-refractivity contribution in [3.05, 3.63) is 29.5 Å². The van der Waals surface area contributed by atoms with Gasteiger partial charge < -0.3 is 9.47 Å². The standard InChI is InChI=1S/C13H15NO2S/c1-8-5-6-11(15-3)10(7-8)12-14-9(2)13(16-4)17-12/h5-7H,1-4H3. The van der Waals surface area contributed by atoms with Gasteiger partial charge in [0.05, 0.1) is 25.5 Å². The average Bonchev–Trinajstić information content (AvgIpc) is 2.70. The molecule has 0 fully saturated rings. The molecule has 0 spiro atoms. The van der Waals surface area contributed by atoms with Crippen molar-refractivity contribution in [2.75, 3.05) is 14.2 Å². The van der Waals surface area contributed by atoms with Gasteiger partial charge in [-0.2, -0.15) is 0 Å². The second-order valence-electron chi connectivity index (χ2n) is 3.80. The summed E-state index contributed by atoms with van der Waals surface area (Å²) in [5, 5.41) is 1.78. The average molecular weight is 249 g/mol. The monoisotopic (exact) mass is 249 g/mol. The molecule has 0 bridgehead atoms. The highest BCUT2D eigenvalue weighted by Crippen LogP contribution is 2.38. The van der Waals surface area contributed by atoms with E-state index in [1.165, 1.54) is 16.9 Å². The SMILES string of the molecule is COc1ccc(C)cc1-c1nc(C)c(OC)s1. The van der Waals surface area contributed by atoms with Crippen LogP contribution in [0, 0.1) is 13.8 Å². The summed E-state index contributed by atoms with van der Waals surface area (Å²) in [7, 11) is 3.34.